The standard InChI is InChI=1S/C24H24ClN3O4/c1-14-11-18(15(2)28(14)17-6-8-21-22(13-17)32-10-9-31-21)23(29)26-16-5-7-20(25)19(12-16)24(30)27(3)4/h5-8,11-13H,9-10H2,1-4H3,(H,26,29). The summed E-state index contributed by atoms with van der Waals surface area (Å²) in [5, 5.41) is 3.21. The van der Waals surface area contributed by atoms with Gasteiger partial charge in [0.1, 0.15) is 13.2 Å². The lowest BCUT2D eigenvalue weighted by Crippen LogP contribution is -2.22. The number of aromatic nitrogens is 1. The number of hydrogen-bond acceptors (Lipinski definition) is 4. The van der Waals surface area contributed by atoms with Gasteiger partial charge in [-0.25, -0.2) is 0 Å². The molecule has 3 aromatic rings. The zero-order valence-electron chi connectivity index (χ0n) is 18.4. The summed E-state index contributed by atoms with van der Waals surface area (Å²) >= 11 is 6.17. The highest BCUT2D eigenvalue weighted by molar-refractivity contribution is 6.34. The lowest BCUT2D eigenvalue weighted by Gasteiger charge is -2.20. The van der Waals surface area contributed by atoms with Crippen LogP contribution in [-0.4, -0.2) is 48.6 Å². The first-order valence-corrected chi connectivity index (χ1v) is 10.6. The highest BCUT2D eigenvalue weighted by Gasteiger charge is 2.20. The number of benzene rings is 2. The van der Waals surface area contributed by atoms with Crippen molar-refractivity contribution >= 4 is 29.1 Å². The van der Waals surface area contributed by atoms with E-state index in [-0.39, 0.29) is 11.8 Å². The highest BCUT2D eigenvalue weighted by atomic mass is 35.5. The van der Waals surface area contributed by atoms with Crippen LogP contribution in [0, 0.1) is 13.8 Å². The molecule has 0 fully saturated rings. The Balaban J connectivity index is 1.63. The number of amides is 2. The van der Waals surface area contributed by atoms with Gasteiger partial charge in [-0.3, -0.25) is 9.59 Å². The van der Waals surface area contributed by atoms with E-state index in [1.165, 1.54) is 4.90 Å². The van der Waals surface area contributed by atoms with Crippen LogP contribution in [0.15, 0.2) is 42.5 Å². The van der Waals surface area contributed by atoms with Crippen molar-refractivity contribution in [2.75, 3.05) is 32.6 Å². The number of halogens is 1. The molecule has 7 nitrogen and oxygen atoms in total. The van der Waals surface area contributed by atoms with Crippen LogP contribution in [-0.2, 0) is 0 Å². The second-order valence-corrected chi connectivity index (χ2v) is 8.20. The van der Waals surface area contributed by atoms with Crippen molar-refractivity contribution in [1.29, 1.82) is 0 Å². The van der Waals surface area contributed by atoms with Crippen molar-refractivity contribution in [3.8, 4) is 17.2 Å². The smallest absolute Gasteiger partial charge is 0.257 e. The summed E-state index contributed by atoms with van der Waals surface area (Å²) in [6.07, 6.45) is 0. The minimum Gasteiger partial charge on any atom is -0.486 e. The van der Waals surface area contributed by atoms with Gasteiger partial charge in [0, 0.05) is 42.9 Å². The quantitative estimate of drug-likeness (QED) is 0.632. The molecule has 1 N–H and O–H groups in total. The third kappa shape index (κ3) is 4.03. The molecule has 1 aliphatic rings. The first-order chi connectivity index (χ1) is 15.3. The fourth-order valence-corrected chi connectivity index (χ4v) is 3.97. The Morgan fingerprint density at radius 2 is 1.69 bits per heavy atom. The number of hydrogen-bond donors (Lipinski definition) is 1. The summed E-state index contributed by atoms with van der Waals surface area (Å²) in [6.45, 7) is 4.87. The number of carbonyl (C=O) groups excluding carboxylic acids is 2. The zero-order chi connectivity index (χ0) is 23.0. The van der Waals surface area contributed by atoms with E-state index in [2.05, 4.69) is 5.32 Å². The molecule has 0 unspecified atom stereocenters. The van der Waals surface area contributed by atoms with Crippen molar-refractivity contribution in [2.45, 2.75) is 13.8 Å². The molecule has 1 aromatic heterocycles. The van der Waals surface area contributed by atoms with E-state index < -0.39 is 0 Å². The van der Waals surface area contributed by atoms with Crippen LogP contribution in [0.3, 0.4) is 0 Å². The summed E-state index contributed by atoms with van der Waals surface area (Å²) in [6, 6.07) is 12.4. The van der Waals surface area contributed by atoms with Crippen LogP contribution < -0.4 is 14.8 Å². The number of anilines is 1. The summed E-state index contributed by atoms with van der Waals surface area (Å²) in [5.74, 6) is 0.896. The van der Waals surface area contributed by atoms with E-state index in [4.69, 9.17) is 21.1 Å². The maximum absolute atomic E-state index is 13.1. The third-order valence-corrected chi connectivity index (χ3v) is 5.65. The molecule has 32 heavy (non-hydrogen) atoms. The maximum Gasteiger partial charge on any atom is 0.257 e. The molecule has 2 heterocycles. The van der Waals surface area contributed by atoms with Gasteiger partial charge in [-0.15, -0.1) is 0 Å². The summed E-state index contributed by atoms with van der Waals surface area (Å²) in [4.78, 5) is 26.8. The second-order valence-electron chi connectivity index (χ2n) is 7.80. The Morgan fingerprint density at radius 1 is 0.969 bits per heavy atom. The molecule has 0 radical (unpaired) electrons. The Labute approximate surface area is 191 Å². The van der Waals surface area contributed by atoms with Crippen molar-refractivity contribution in [3.63, 3.8) is 0 Å². The maximum atomic E-state index is 13.1. The topological polar surface area (TPSA) is 72.8 Å². The monoisotopic (exact) mass is 453 g/mol. The molecule has 166 valence electrons. The minimum atomic E-state index is -0.271. The number of fused-ring (bicyclic) bond motifs is 1. The van der Waals surface area contributed by atoms with Gasteiger partial charge in [0.05, 0.1) is 16.1 Å². The van der Waals surface area contributed by atoms with Crippen molar-refractivity contribution in [1.82, 2.24) is 9.47 Å². The number of nitrogens with zero attached hydrogens (tertiary/aromatic N) is 2. The largest absolute Gasteiger partial charge is 0.486 e. The average molecular weight is 454 g/mol. The van der Waals surface area contributed by atoms with E-state index in [0.29, 0.717) is 46.5 Å². The number of rotatable bonds is 4. The average Bonchev–Trinajstić information content (AvgIpc) is 3.08. The van der Waals surface area contributed by atoms with Crippen LogP contribution in [0.4, 0.5) is 5.69 Å². The van der Waals surface area contributed by atoms with Crippen molar-refractivity contribution < 1.29 is 19.1 Å². The summed E-state index contributed by atoms with van der Waals surface area (Å²) in [7, 11) is 3.30. The molecule has 0 saturated carbocycles. The molecule has 0 saturated heterocycles. The van der Waals surface area contributed by atoms with Crippen LogP contribution in [0.2, 0.25) is 5.02 Å². The van der Waals surface area contributed by atoms with Gasteiger partial charge in [-0.1, -0.05) is 11.6 Å². The van der Waals surface area contributed by atoms with Crippen LogP contribution in [0.25, 0.3) is 5.69 Å². The number of carbonyl (C=O) groups is 2. The van der Waals surface area contributed by atoms with Crippen molar-refractivity contribution in [2.24, 2.45) is 0 Å². The molecule has 2 amide bonds. The minimum absolute atomic E-state index is 0.233. The Bertz CT molecular complexity index is 1220. The second kappa shape index (κ2) is 8.59. The normalized spacial score (nSPS) is 12.4. The SMILES string of the molecule is Cc1cc(C(=O)Nc2ccc(Cl)c(C(=O)N(C)C)c2)c(C)n1-c1ccc2c(c1)OCCO2. The van der Waals surface area contributed by atoms with Gasteiger partial charge in [0.15, 0.2) is 11.5 Å². The fourth-order valence-electron chi connectivity index (χ4n) is 3.77. The predicted molar refractivity (Wildman–Crippen MR) is 124 cm³/mol. The Morgan fingerprint density at radius 3 is 2.41 bits per heavy atom. The first-order valence-electron chi connectivity index (χ1n) is 10.2. The number of ether oxygens (including phenoxy) is 2. The predicted octanol–water partition coefficient (Wildman–Crippen LogP) is 4.47. The van der Waals surface area contributed by atoms with Crippen molar-refractivity contribution in [3.05, 3.63) is 70.0 Å². The van der Waals surface area contributed by atoms with Crippen LogP contribution >= 0.6 is 11.6 Å². The van der Waals surface area contributed by atoms with Crippen LogP contribution in [0.1, 0.15) is 32.1 Å². The van der Waals surface area contributed by atoms with Gasteiger partial charge in [-0.05, 0) is 50.2 Å². The van der Waals surface area contributed by atoms with E-state index in [9.17, 15) is 9.59 Å². The Hall–Kier alpha value is -3.45. The molecular formula is C24H24ClN3O4. The highest BCUT2D eigenvalue weighted by Crippen LogP contribution is 2.33. The zero-order valence-corrected chi connectivity index (χ0v) is 19.1. The molecule has 4 rings (SSSR count). The molecule has 0 bridgehead atoms. The summed E-state index contributed by atoms with van der Waals surface area (Å²) < 4.78 is 13.3. The first kappa shape index (κ1) is 21.8. The molecule has 8 heteroatoms. The molecule has 1 aliphatic heterocycles. The molecule has 0 spiro atoms. The lowest BCUT2D eigenvalue weighted by atomic mass is 10.1. The van der Waals surface area contributed by atoms with Gasteiger partial charge >= 0.3 is 0 Å². The van der Waals surface area contributed by atoms with E-state index in [1.807, 2.05) is 42.7 Å². The summed E-state index contributed by atoms with van der Waals surface area (Å²) in [5.41, 5.74) is 3.94. The molecule has 0 atom stereocenters. The molecular weight excluding hydrogens is 430 g/mol. The number of aryl methyl sites for hydroxylation is 1. The van der Waals surface area contributed by atoms with Gasteiger partial charge in [0.2, 0.25) is 0 Å². The lowest BCUT2D eigenvalue weighted by molar-refractivity contribution is 0.0827. The molecule has 0 aliphatic carbocycles. The van der Waals surface area contributed by atoms with Crippen LogP contribution in [0.5, 0.6) is 11.5 Å². The van der Waals surface area contributed by atoms with Gasteiger partial charge in [-0.2, -0.15) is 0 Å². The van der Waals surface area contributed by atoms with Gasteiger partial charge < -0.3 is 24.3 Å². The van der Waals surface area contributed by atoms with E-state index in [1.54, 1.807) is 32.3 Å². The van der Waals surface area contributed by atoms with Gasteiger partial charge in [0.25, 0.3) is 11.8 Å². The van der Waals surface area contributed by atoms with E-state index in [0.717, 1.165) is 17.1 Å². The molecule has 2 aromatic carbocycles. The third-order valence-electron chi connectivity index (χ3n) is 5.32. The fraction of sp³-hybridized carbons (Fsp3) is 0.250. The number of nitrogens with one attached hydrogen (secondary N) is 1. The Kier molecular flexibility index (Phi) is 5.84. The van der Waals surface area contributed by atoms with E-state index >= 15 is 0 Å².